The summed E-state index contributed by atoms with van der Waals surface area (Å²) < 4.78 is 10.4. The molecule has 6 nitrogen and oxygen atoms in total. The Morgan fingerprint density at radius 3 is 2.84 bits per heavy atom. The Bertz CT molecular complexity index is 765. The van der Waals surface area contributed by atoms with Gasteiger partial charge in [-0.2, -0.15) is 0 Å². The topological polar surface area (TPSA) is 81.7 Å². The lowest BCUT2D eigenvalue weighted by Crippen LogP contribution is -2.34. The van der Waals surface area contributed by atoms with Crippen LogP contribution in [0.2, 0.25) is 10.0 Å². The van der Waals surface area contributed by atoms with E-state index in [1.807, 2.05) is 0 Å². The summed E-state index contributed by atoms with van der Waals surface area (Å²) in [6, 6.07) is 4.66. The summed E-state index contributed by atoms with van der Waals surface area (Å²) in [6.07, 6.45) is 1.48. The largest absolute Gasteiger partial charge is 0.462 e. The molecule has 2 bridgehead atoms. The molecule has 2 aliphatic carbocycles. The highest BCUT2D eigenvalue weighted by molar-refractivity contribution is 6.36. The number of fused-ring (bicyclic) bond motifs is 1. The highest BCUT2D eigenvalue weighted by atomic mass is 35.5. The van der Waals surface area contributed by atoms with E-state index in [-0.39, 0.29) is 23.9 Å². The fraction of sp³-hybridized carbons (Fsp3) is 0.471. The molecule has 0 aromatic heterocycles. The molecule has 3 aliphatic rings. The molecule has 25 heavy (non-hydrogen) atoms. The number of hydrogen-bond acceptors (Lipinski definition) is 5. The Balaban J connectivity index is 1.34. The molecule has 1 aromatic rings. The third kappa shape index (κ3) is 2.87. The molecule has 1 aromatic carbocycles. The molecular formula is C17H15Cl2NO5. The minimum absolute atomic E-state index is 0.0399. The predicted octanol–water partition coefficient (Wildman–Crippen LogP) is 2.67. The van der Waals surface area contributed by atoms with Gasteiger partial charge in [0.25, 0.3) is 5.91 Å². The molecule has 1 N–H and O–H groups in total. The normalized spacial score (nSPS) is 31.8. The van der Waals surface area contributed by atoms with Crippen LogP contribution in [0, 0.1) is 23.7 Å². The molecule has 1 heterocycles. The molecule has 2 saturated carbocycles. The smallest absolute Gasteiger partial charge is 0.310 e. The highest BCUT2D eigenvalue weighted by Gasteiger charge is 2.64. The molecule has 132 valence electrons. The van der Waals surface area contributed by atoms with Gasteiger partial charge >= 0.3 is 11.9 Å². The molecule has 0 spiro atoms. The first-order valence-corrected chi connectivity index (χ1v) is 8.81. The molecule has 8 heteroatoms. The fourth-order valence-electron chi connectivity index (χ4n) is 4.34. The number of carbonyl (C=O) groups excluding carboxylic acids is 3. The number of esters is 2. The van der Waals surface area contributed by atoms with E-state index < -0.39 is 30.3 Å². The van der Waals surface area contributed by atoms with E-state index in [1.54, 1.807) is 12.1 Å². The van der Waals surface area contributed by atoms with E-state index in [9.17, 15) is 14.4 Å². The van der Waals surface area contributed by atoms with E-state index in [0.29, 0.717) is 22.2 Å². The van der Waals surface area contributed by atoms with Crippen molar-refractivity contribution in [2.75, 3.05) is 11.9 Å². The quantitative estimate of drug-likeness (QED) is 0.808. The van der Waals surface area contributed by atoms with Crippen LogP contribution < -0.4 is 5.32 Å². The number of nitrogens with one attached hydrogen (secondary N) is 1. The zero-order valence-electron chi connectivity index (χ0n) is 13.0. The van der Waals surface area contributed by atoms with Gasteiger partial charge in [-0.25, -0.2) is 0 Å². The summed E-state index contributed by atoms with van der Waals surface area (Å²) in [5.74, 6) is -2.01. The van der Waals surface area contributed by atoms with Gasteiger partial charge in [-0.05, 0) is 37.0 Å². The Hall–Kier alpha value is -1.79. The van der Waals surface area contributed by atoms with Crippen molar-refractivity contribution in [1.82, 2.24) is 0 Å². The Morgan fingerprint density at radius 2 is 2.08 bits per heavy atom. The maximum absolute atomic E-state index is 12.4. The number of rotatable bonds is 4. The number of hydrogen-bond donors (Lipinski definition) is 1. The van der Waals surface area contributed by atoms with Gasteiger partial charge in [-0.1, -0.05) is 23.2 Å². The van der Waals surface area contributed by atoms with Gasteiger partial charge in [0, 0.05) is 10.9 Å². The second-order valence-electron chi connectivity index (χ2n) is 6.70. The molecule has 0 radical (unpaired) electrons. The zero-order valence-corrected chi connectivity index (χ0v) is 14.5. The predicted molar refractivity (Wildman–Crippen MR) is 89.1 cm³/mol. The number of amides is 1. The third-order valence-electron chi connectivity index (χ3n) is 5.31. The molecule has 3 fully saturated rings. The maximum atomic E-state index is 12.4. The van der Waals surface area contributed by atoms with Crippen molar-refractivity contribution in [3.63, 3.8) is 0 Å². The van der Waals surface area contributed by atoms with Crippen molar-refractivity contribution < 1.29 is 23.9 Å². The van der Waals surface area contributed by atoms with Crippen molar-refractivity contribution in [3.8, 4) is 0 Å². The van der Waals surface area contributed by atoms with E-state index in [2.05, 4.69) is 5.32 Å². The third-order valence-corrected chi connectivity index (χ3v) is 5.85. The fourth-order valence-corrected chi connectivity index (χ4v) is 4.79. The second kappa shape index (κ2) is 6.18. The standard InChI is InChI=1S/C17H15Cl2NO5/c18-8-1-2-11(10(19)5-8)20-13(21)6-24-16(22)14-7-3-9-12(4-7)25-17(23)15(9)14/h1-2,5,7,9,12,14-15H,3-4,6H2,(H,20,21)/t7-,9+,12-,14-,15+/m1/s1. The minimum Gasteiger partial charge on any atom is -0.462 e. The SMILES string of the molecule is O=C(COC(=O)[C@@H]1[C@@H]2C[C@@H]3[C@@H]1C(=O)O[C@@H]3C2)Nc1ccc(Cl)cc1Cl. The summed E-state index contributed by atoms with van der Waals surface area (Å²) in [4.78, 5) is 36.3. The van der Waals surface area contributed by atoms with Crippen LogP contribution in [0.5, 0.6) is 0 Å². The first kappa shape index (κ1) is 16.7. The van der Waals surface area contributed by atoms with Crippen molar-refractivity contribution in [3.05, 3.63) is 28.2 Å². The Morgan fingerprint density at radius 1 is 1.28 bits per heavy atom. The van der Waals surface area contributed by atoms with Crippen LogP contribution >= 0.6 is 23.2 Å². The van der Waals surface area contributed by atoms with E-state index >= 15 is 0 Å². The number of benzene rings is 1. The van der Waals surface area contributed by atoms with Crippen LogP contribution in [0.3, 0.4) is 0 Å². The second-order valence-corrected chi connectivity index (χ2v) is 7.55. The summed E-state index contributed by atoms with van der Waals surface area (Å²) in [6.45, 7) is -0.434. The van der Waals surface area contributed by atoms with Crippen LogP contribution in [0.25, 0.3) is 0 Å². The summed E-state index contributed by atoms with van der Waals surface area (Å²) in [7, 11) is 0. The highest BCUT2D eigenvalue weighted by Crippen LogP contribution is 2.57. The van der Waals surface area contributed by atoms with Crippen molar-refractivity contribution >= 4 is 46.7 Å². The summed E-state index contributed by atoms with van der Waals surface area (Å²) in [5, 5.41) is 3.30. The number of anilines is 1. The molecular weight excluding hydrogens is 369 g/mol. The average molecular weight is 384 g/mol. The van der Waals surface area contributed by atoms with Gasteiger partial charge in [-0.15, -0.1) is 0 Å². The van der Waals surface area contributed by atoms with Crippen molar-refractivity contribution in [2.45, 2.75) is 18.9 Å². The number of carbonyl (C=O) groups is 3. The van der Waals surface area contributed by atoms with Gasteiger partial charge in [0.1, 0.15) is 6.10 Å². The van der Waals surface area contributed by atoms with Crippen molar-refractivity contribution in [2.24, 2.45) is 23.7 Å². The molecule has 4 rings (SSSR count). The Kier molecular flexibility index (Phi) is 4.12. The van der Waals surface area contributed by atoms with Gasteiger partial charge < -0.3 is 14.8 Å². The molecule has 5 atom stereocenters. The van der Waals surface area contributed by atoms with Gasteiger partial charge in [0.15, 0.2) is 6.61 Å². The molecule has 0 unspecified atom stereocenters. The van der Waals surface area contributed by atoms with Crippen LogP contribution in [0.4, 0.5) is 5.69 Å². The lowest BCUT2D eigenvalue weighted by atomic mass is 9.80. The first-order chi connectivity index (χ1) is 11.9. The monoisotopic (exact) mass is 383 g/mol. The van der Waals surface area contributed by atoms with Gasteiger partial charge in [0.05, 0.1) is 22.5 Å². The van der Waals surface area contributed by atoms with Crippen LogP contribution in [0.15, 0.2) is 18.2 Å². The number of ether oxygens (including phenoxy) is 2. The van der Waals surface area contributed by atoms with Crippen LogP contribution in [0.1, 0.15) is 12.8 Å². The van der Waals surface area contributed by atoms with E-state index in [0.717, 1.165) is 6.42 Å². The molecule has 1 saturated heterocycles. The molecule has 1 aliphatic heterocycles. The molecule has 1 amide bonds. The summed E-state index contributed by atoms with van der Waals surface area (Å²) in [5.41, 5.74) is 0.384. The van der Waals surface area contributed by atoms with Crippen LogP contribution in [-0.2, 0) is 23.9 Å². The maximum Gasteiger partial charge on any atom is 0.310 e. The van der Waals surface area contributed by atoms with Gasteiger partial charge in [0.2, 0.25) is 0 Å². The van der Waals surface area contributed by atoms with E-state index in [4.69, 9.17) is 32.7 Å². The van der Waals surface area contributed by atoms with Gasteiger partial charge in [-0.3, -0.25) is 14.4 Å². The van der Waals surface area contributed by atoms with Crippen molar-refractivity contribution in [1.29, 1.82) is 0 Å². The first-order valence-electron chi connectivity index (χ1n) is 8.06. The zero-order chi connectivity index (χ0) is 17.7. The Labute approximate surface area is 153 Å². The van der Waals surface area contributed by atoms with E-state index in [1.165, 1.54) is 6.07 Å². The lowest BCUT2D eigenvalue weighted by Gasteiger charge is -2.22. The average Bonchev–Trinajstić information content (AvgIpc) is 3.17. The summed E-state index contributed by atoms with van der Waals surface area (Å²) >= 11 is 11.8. The lowest BCUT2D eigenvalue weighted by molar-refractivity contribution is -0.157. The number of halogens is 2. The van der Waals surface area contributed by atoms with Crippen LogP contribution in [-0.4, -0.2) is 30.6 Å². The minimum atomic E-state index is -0.507.